The van der Waals surface area contributed by atoms with Crippen molar-refractivity contribution in [2.45, 2.75) is 78.6 Å². The van der Waals surface area contributed by atoms with Crippen molar-refractivity contribution in [2.75, 3.05) is 77.3 Å². The van der Waals surface area contributed by atoms with Gasteiger partial charge in [-0.05, 0) is 40.5 Å². The minimum absolute atomic E-state index is 0.0298. The van der Waals surface area contributed by atoms with E-state index in [2.05, 4.69) is 10.3 Å². The summed E-state index contributed by atoms with van der Waals surface area (Å²) in [7, 11) is -3.07. The Kier molecular flexibility index (Phi) is 18.1. The number of unbranched alkanes of at least 4 members (excludes halogenated alkanes) is 1. The van der Waals surface area contributed by atoms with E-state index in [4.69, 9.17) is 42.5 Å². The number of carbonyl (C=O) groups is 5. The zero-order chi connectivity index (χ0) is 43.0. The SMILES string of the molecule is CCCCOC(=O)N1CCN(C(=O)C(CP(=O)(OC(C)OC(=O)OCC)O[C@H](C)OC(=O)OCC)NC(=O)c2cc(N3CC[C@H](OC)C3)nc(-c3ccccc3)n2)CC1. The summed E-state index contributed by atoms with van der Waals surface area (Å²) in [5, 5.41) is 2.67. The van der Waals surface area contributed by atoms with Crippen LogP contribution in [0.3, 0.4) is 0 Å². The van der Waals surface area contributed by atoms with E-state index in [0.717, 1.165) is 12.8 Å². The van der Waals surface area contributed by atoms with Gasteiger partial charge in [0.2, 0.25) is 18.5 Å². The van der Waals surface area contributed by atoms with Crippen molar-refractivity contribution in [1.82, 2.24) is 25.1 Å². The predicted octanol–water partition coefficient (Wildman–Crippen LogP) is 4.81. The molecular weight excluding hydrogens is 795 g/mol. The van der Waals surface area contributed by atoms with Crippen molar-refractivity contribution in [1.29, 1.82) is 0 Å². The summed E-state index contributed by atoms with van der Waals surface area (Å²) in [5.41, 5.74) is 0.518. The van der Waals surface area contributed by atoms with E-state index in [1.165, 1.54) is 29.7 Å². The quantitative estimate of drug-likeness (QED) is 0.0658. The lowest BCUT2D eigenvalue weighted by Gasteiger charge is -2.36. The van der Waals surface area contributed by atoms with E-state index < -0.39 is 62.6 Å². The van der Waals surface area contributed by atoms with Crippen LogP contribution in [0.4, 0.5) is 20.2 Å². The largest absolute Gasteiger partial charge is 0.510 e. The molecule has 0 bridgehead atoms. The highest BCUT2D eigenvalue weighted by molar-refractivity contribution is 7.54. The summed E-state index contributed by atoms with van der Waals surface area (Å²) >= 11 is 0. The molecule has 2 aliphatic rings. The van der Waals surface area contributed by atoms with Gasteiger partial charge in [0.05, 0.1) is 32.1 Å². The van der Waals surface area contributed by atoms with Crippen molar-refractivity contribution in [2.24, 2.45) is 0 Å². The molecule has 21 heteroatoms. The Morgan fingerprint density at radius 3 is 2.02 bits per heavy atom. The Hall–Kier alpha value is -5.04. The Morgan fingerprint density at radius 1 is 0.847 bits per heavy atom. The van der Waals surface area contributed by atoms with E-state index in [1.54, 1.807) is 45.2 Å². The van der Waals surface area contributed by atoms with Gasteiger partial charge in [0.25, 0.3) is 5.91 Å². The van der Waals surface area contributed by atoms with Gasteiger partial charge in [-0.15, -0.1) is 0 Å². The molecule has 0 saturated carbocycles. The van der Waals surface area contributed by atoms with Crippen LogP contribution in [0.5, 0.6) is 0 Å². The molecule has 3 unspecified atom stereocenters. The molecule has 2 aromatic rings. The number of anilines is 1. The van der Waals surface area contributed by atoms with Crippen molar-refractivity contribution in [3.63, 3.8) is 0 Å². The van der Waals surface area contributed by atoms with E-state index >= 15 is 0 Å². The van der Waals surface area contributed by atoms with Crippen LogP contribution < -0.4 is 10.2 Å². The number of amides is 3. The van der Waals surface area contributed by atoms with Gasteiger partial charge in [0, 0.05) is 58.0 Å². The van der Waals surface area contributed by atoms with E-state index in [0.29, 0.717) is 30.9 Å². The molecule has 0 radical (unpaired) electrons. The van der Waals surface area contributed by atoms with E-state index in [1.807, 2.05) is 17.9 Å². The number of aromatic nitrogens is 2. The third kappa shape index (κ3) is 14.3. The van der Waals surface area contributed by atoms with Gasteiger partial charge >= 0.3 is 26.0 Å². The topological polar surface area (TPSA) is 224 Å². The van der Waals surface area contributed by atoms with E-state index in [-0.39, 0.29) is 63.6 Å². The van der Waals surface area contributed by atoms with Crippen molar-refractivity contribution in [3.05, 3.63) is 42.1 Å². The van der Waals surface area contributed by atoms with Gasteiger partial charge in [-0.2, -0.15) is 0 Å². The maximum Gasteiger partial charge on any atom is 0.510 e. The Balaban J connectivity index is 1.69. The number of nitrogens with one attached hydrogen (secondary N) is 1. The summed E-state index contributed by atoms with van der Waals surface area (Å²) in [5.74, 6) is -0.850. The number of nitrogens with zero attached hydrogens (tertiary/aromatic N) is 5. The average molecular weight is 851 g/mol. The number of methoxy groups -OCH3 is 1. The van der Waals surface area contributed by atoms with Crippen molar-refractivity contribution >= 4 is 43.6 Å². The van der Waals surface area contributed by atoms with Crippen LogP contribution in [-0.2, 0) is 46.8 Å². The van der Waals surface area contributed by atoms with Gasteiger partial charge < -0.3 is 48.4 Å². The first-order valence-corrected chi connectivity index (χ1v) is 21.4. The smallest absolute Gasteiger partial charge is 0.449 e. The zero-order valence-corrected chi connectivity index (χ0v) is 35.3. The Bertz CT molecular complexity index is 1730. The standard InChI is InChI=1S/C38H55N6O14P/c1-7-10-22-54-36(47)43-20-18-42(19-21-43)35(46)31(25-59(50,57-26(4)55-37(48)52-8-2)58-27(5)56-38(49)53-9-3)40-34(45)30-23-32(44-17-16-29(24-44)51-6)41-33(39-30)28-14-12-11-13-15-28/h11-15,23,26-27,29,31H,7-10,16-22,24-25H2,1-6H3,(H,40,45)/t26-,27?,29+,31?,59?/m1/s1. The summed E-state index contributed by atoms with van der Waals surface area (Å²) in [4.78, 5) is 79.8. The lowest BCUT2D eigenvalue weighted by atomic mass is 10.2. The maximum atomic E-state index is 14.7. The molecule has 1 aromatic carbocycles. The highest BCUT2D eigenvalue weighted by Gasteiger charge is 2.41. The third-order valence-corrected chi connectivity index (χ3v) is 11.1. The first kappa shape index (κ1) is 46.6. The second-order valence-corrected chi connectivity index (χ2v) is 15.4. The van der Waals surface area contributed by atoms with Gasteiger partial charge in [0.15, 0.2) is 5.82 Å². The molecule has 2 fully saturated rings. The minimum Gasteiger partial charge on any atom is -0.449 e. The fraction of sp³-hybridized carbons (Fsp3) is 0.605. The fourth-order valence-corrected chi connectivity index (χ4v) is 8.01. The zero-order valence-electron chi connectivity index (χ0n) is 34.4. The molecular formula is C38H55N6O14P. The predicted molar refractivity (Wildman–Crippen MR) is 211 cm³/mol. The first-order valence-electron chi connectivity index (χ1n) is 19.6. The summed E-state index contributed by atoms with van der Waals surface area (Å²) in [6.07, 6.45) is -4.55. The number of hydrogen-bond acceptors (Lipinski definition) is 17. The van der Waals surface area contributed by atoms with Crippen LogP contribution in [0.25, 0.3) is 11.4 Å². The van der Waals surface area contributed by atoms with Gasteiger partial charge in [-0.1, -0.05) is 43.7 Å². The van der Waals surface area contributed by atoms with Crippen molar-refractivity contribution < 1.29 is 66.0 Å². The molecule has 0 spiro atoms. The van der Waals surface area contributed by atoms with Gasteiger partial charge in [-0.25, -0.2) is 24.4 Å². The number of piperazine rings is 1. The molecule has 59 heavy (non-hydrogen) atoms. The van der Waals surface area contributed by atoms with Crippen LogP contribution in [0.2, 0.25) is 0 Å². The monoisotopic (exact) mass is 850 g/mol. The molecule has 1 N–H and O–H groups in total. The fourth-order valence-electron chi connectivity index (χ4n) is 6.10. The number of rotatable bonds is 19. The Morgan fingerprint density at radius 2 is 1.46 bits per heavy atom. The molecule has 0 aliphatic carbocycles. The highest BCUT2D eigenvalue weighted by Crippen LogP contribution is 2.51. The average Bonchev–Trinajstić information content (AvgIpc) is 3.70. The normalized spacial score (nSPS) is 17.9. The van der Waals surface area contributed by atoms with Crippen LogP contribution >= 0.6 is 7.60 Å². The van der Waals surface area contributed by atoms with E-state index in [9.17, 15) is 28.5 Å². The number of carbonyl (C=O) groups excluding carboxylic acids is 5. The molecule has 3 amide bonds. The maximum absolute atomic E-state index is 14.7. The second-order valence-electron chi connectivity index (χ2n) is 13.4. The summed E-state index contributed by atoms with van der Waals surface area (Å²) in [6, 6.07) is 8.87. The van der Waals surface area contributed by atoms with Crippen LogP contribution in [0.1, 0.15) is 64.4 Å². The second kappa shape index (κ2) is 22.9. The molecule has 4 rings (SSSR count). The first-order chi connectivity index (χ1) is 28.3. The minimum atomic E-state index is -4.70. The molecule has 1 aromatic heterocycles. The molecule has 3 heterocycles. The van der Waals surface area contributed by atoms with Gasteiger partial charge in [0.1, 0.15) is 17.6 Å². The van der Waals surface area contributed by atoms with Gasteiger partial charge in [-0.3, -0.25) is 23.2 Å². The molecule has 5 atom stereocenters. The van der Waals surface area contributed by atoms with Crippen LogP contribution in [-0.4, -0.2) is 147 Å². The van der Waals surface area contributed by atoms with Crippen molar-refractivity contribution in [3.8, 4) is 11.4 Å². The lowest BCUT2D eigenvalue weighted by Crippen LogP contribution is -2.57. The summed E-state index contributed by atoms with van der Waals surface area (Å²) < 4.78 is 56.6. The summed E-state index contributed by atoms with van der Waals surface area (Å²) in [6.45, 7) is 9.16. The number of hydrogen-bond donors (Lipinski definition) is 1. The highest BCUT2D eigenvalue weighted by atomic mass is 31.2. The number of ether oxygens (including phenoxy) is 6. The van der Waals surface area contributed by atoms with Crippen LogP contribution in [0.15, 0.2) is 36.4 Å². The molecule has 20 nitrogen and oxygen atoms in total. The Labute approximate surface area is 343 Å². The molecule has 2 saturated heterocycles. The van der Waals surface area contributed by atoms with Crippen LogP contribution in [0, 0.1) is 0 Å². The lowest BCUT2D eigenvalue weighted by molar-refractivity contribution is -0.134. The molecule has 2 aliphatic heterocycles. The number of benzene rings is 1. The third-order valence-electron chi connectivity index (χ3n) is 9.03. The molecule has 326 valence electrons.